The fourth-order valence-electron chi connectivity index (χ4n) is 2.63. The molecule has 0 N–H and O–H groups in total. The topological polar surface area (TPSA) is 25.4 Å². The van der Waals surface area contributed by atoms with Crippen molar-refractivity contribution in [1.82, 2.24) is 4.98 Å². The van der Waals surface area contributed by atoms with Gasteiger partial charge in [0.2, 0.25) is 0 Å². The number of ether oxygens (including phenoxy) is 1. The summed E-state index contributed by atoms with van der Waals surface area (Å²) in [6, 6.07) is 10.5. The Balaban J connectivity index is 2.04. The second kappa shape index (κ2) is 4.57. The smallest absolute Gasteiger partial charge is 0.136 e. The Morgan fingerprint density at radius 2 is 2.00 bits per heavy atom. The molecule has 3 nitrogen and oxygen atoms in total. The van der Waals surface area contributed by atoms with Crippen LogP contribution in [-0.2, 0) is 6.42 Å². The summed E-state index contributed by atoms with van der Waals surface area (Å²) in [5.74, 6) is 2.01. The van der Waals surface area contributed by atoms with Gasteiger partial charge < -0.3 is 9.64 Å². The molecule has 0 fully saturated rings. The third kappa shape index (κ3) is 2.05. The first-order valence-electron chi connectivity index (χ1n) is 6.58. The van der Waals surface area contributed by atoms with Crippen LogP contribution in [0.4, 0.5) is 11.5 Å². The van der Waals surface area contributed by atoms with Crippen LogP contribution in [0, 0.1) is 13.8 Å². The Kier molecular flexibility index (Phi) is 2.90. The lowest BCUT2D eigenvalue weighted by atomic mass is 10.1. The number of benzene rings is 1. The molecule has 1 aliphatic heterocycles. The molecule has 2 aromatic rings. The molecule has 0 unspecified atom stereocenters. The zero-order valence-electron chi connectivity index (χ0n) is 11.6. The molecule has 0 atom stereocenters. The predicted molar refractivity (Wildman–Crippen MR) is 77.4 cm³/mol. The number of hydrogen-bond acceptors (Lipinski definition) is 3. The van der Waals surface area contributed by atoms with Crippen LogP contribution in [0.3, 0.4) is 0 Å². The molecule has 19 heavy (non-hydrogen) atoms. The van der Waals surface area contributed by atoms with Gasteiger partial charge in [-0.05, 0) is 55.7 Å². The lowest BCUT2D eigenvalue weighted by Crippen LogP contribution is -2.15. The summed E-state index contributed by atoms with van der Waals surface area (Å²) in [5.41, 5.74) is 4.84. The second-order valence-corrected chi connectivity index (χ2v) is 4.99. The molecule has 0 aliphatic carbocycles. The van der Waals surface area contributed by atoms with E-state index in [1.165, 1.54) is 16.8 Å². The SMILES string of the molecule is COc1ccc(N2CCc3ccc(C)nc32)c(C)c1. The van der Waals surface area contributed by atoms with Crippen molar-refractivity contribution in [2.45, 2.75) is 20.3 Å². The largest absolute Gasteiger partial charge is 0.497 e. The van der Waals surface area contributed by atoms with E-state index in [4.69, 9.17) is 4.74 Å². The fraction of sp³-hybridized carbons (Fsp3) is 0.312. The number of fused-ring (bicyclic) bond motifs is 1. The van der Waals surface area contributed by atoms with E-state index in [0.717, 1.165) is 30.2 Å². The highest BCUT2D eigenvalue weighted by Crippen LogP contribution is 2.35. The van der Waals surface area contributed by atoms with Gasteiger partial charge in [0.25, 0.3) is 0 Å². The molecule has 0 spiro atoms. The number of aromatic nitrogens is 1. The van der Waals surface area contributed by atoms with Crippen molar-refractivity contribution in [3.63, 3.8) is 0 Å². The van der Waals surface area contributed by atoms with Crippen LogP contribution in [0.2, 0.25) is 0 Å². The van der Waals surface area contributed by atoms with Crippen molar-refractivity contribution in [3.8, 4) is 5.75 Å². The number of rotatable bonds is 2. The number of nitrogens with zero attached hydrogens (tertiary/aromatic N) is 2. The molecule has 1 aromatic carbocycles. The van der Waals surface area contributed by atoms with Gasteiger partial charge in [-0.2, -0.15) is 0 Å². The van der Waals surface area contributed by atoms with Crippen molar-refractivity contribution >= 4 is 11.5 Å². The van der Waals surface area contributed by atoms with E-state index in [0.29, 0.717) is 0 Å². The molecule has 0 bridgehead atoms. The number of aryl methyl sites for hydroxylation is 2. The summed E-state index contributed by atoms with van der Waals surface area (Å²) in [6.45, 7) is 5.16. The van der Waals surface area contributed by atoms with Gasteiger partial charge >= 0.3 is 0 Å². The van der Waals surface area contributed by atoms with Crippen LogP contribution in [0.5, 0.6) is 5.75 Å². The van der Waals surface area contributed by atoms with E-state index in [1.807, 2.05) is 13.0 Å². The van der Waals surface area contributed by atoms with Crippen LogP contribution in [0.15, 0.2) is 30.3 Å². The van der Waals surface area contributed by atoms with E-state index < -0.39 is 0 Å². The van der Waals surface area contributed by atoms with Crippen LogP contribution in [0.1, 0.15) is 16.8 Å². The van der Waals surface area contributed by atoms with Crippen LogP contribution in [-0.4, -0.2) is 18.6 Å². The monoisotopic (exact) mass is 254 g/mol. The molecule has 1 aliphatic rings. The van der Waals surface area contributed by atoms with E-state index >= 15 is 0 Å². The van der Waals surface area contributed by atoms with Gasteiger partial charge in [-0.15, -0.1) is 0 Å². The van der Waals surface area contributed by atoms with E-state index in [2.05, 4.69) is 41.1 Å². The molecule has 1 aromatic heterocycles. The van der Waals surface area contributed by atoms with Gasteiger partial charge in [0.1, 0.15) is 11.6 Å². The molecule has 3 heteroatoms. The van der Waals surface area contributed by atoms with Crippen LogP contribution >= 0.6 is 0 Å². The van der Waals surface area contributed by atoms with Crippen molar-refractivity contribution in [1.29, 1.82) is 0 Å². The Hall–Kier alpha value is -2.03. The van der Waals surface area contributed by atoms with Gasteiger partial charge in [-0.1, -0.05) is 6.07 Å². The molecule has 0 amide bonds. The maximum Gasteiger partial charge on any atom is 0.136 e. The fourth-order valence-corrected chi connectivity index (χ4v) is 2.63. The predicted octanol–water partition coefficient (Wildman–Crippen LogP) is 3.40. The molecule has 98 valence electrons. The lowest BCUT2D eigenvalue weighted by Gasteiger charge is -2.21. The Labute approximate surface area is 113 Å². The highest BCUT2D eigenvalue weighted by molar-refractivity contribution is 5.69. The zero-order chi connectivity index (χ0) is 13.4. The first-order valence-corrected chi connectivity index (χ1v) is 6.58. The third-order valence-corrected chi connectivity index (χ3v) is 3.65. The third-order valence-electron chi connectivity index (χ3n) is 3.65. The number of methoxy groups -OCH3 is 1. The average Bonchev–Trinajstić information content (AvgIpc) is 2.81. The minimum absolute atomic E-state index is 0.901. The highest BCUT2D eigenvalue weighted by Gasteiger charge is 2.23. The molecule has 2 heterocycles. The van der Waals surface area contributed by atoms with E-state index in [9.17, 15) is 0 Å². The zero-order valence-corrected chi connectivity index (χ0v) is 11.6. The summed E-state index contributed by atoms with van der Waals surface area (Å²) >= 11 is 0. The molecule has 0 saturated heterocycles. The molecule has 0 saturated carbocycles. The summed E-state index contributed by atoms with van der Waals surface area (Å²) in [7, 11) is 1.70. The van der Waals surface area contributed by atoms with Gasteiger partial charge in [0.15, 0.2) is 0 Å². The summed E-state index contributed by atoms with van der Waals surface area (Å²) in [6.07, 6.45) is 1.06. The van der Waals surface area contributed by atoms with E-state index in [1.54, 1.807) is 7.11 Å². The van der Waals surface area contributed by atoms with Gasteiger partial charge in [-0.3, -0.25) is 0 Å². The number of pyridine rings is 1. The molecule has 0 radical (unpaired) electrons. The van der Waals surface area contributed by atoms with Crippen LogP contribution < -0.4 is 9.64 Å². The summed E-state index contributed by atoms with van der Waals surface area (Å²) in [5, 5.41) is 0. The summed E-state index contributed by atoms with van der Waals surface area (Å²) < 4.78 is 5.27. The Morgan fingerprint density at radius 3 is 2.74 bits per heavy atom. The van der Waals surface area contributed by atoms with Gasteiger partial charge in [0, 0.05) is 17.9 Å². The molecular formula is C16H18N2O. The first kappa shape index (κ1) is 12.0. The quantitative estimate of drug-likeness (QED) is 0.821. The minimum Gasteiger partial charge on any atom is -0.497 e. The van der Waals surface area contributed by atoms with Crippen molar-refractivity contribution in [2.24, 2.45) is 0 Å². The van der Waals surface area contributed by atoms with Crippen molar-refractivity contribution < 1.29 is 4.74 Å². The Bertz CT molecular complexity index is 622. The van der Waals surface area contributed by atoms with Crippen LogP contribution in [0.25, 0.3) is 0 Å². The standard InChI is InChI=1S/C16H18N2O/c1-11-10-14(19-3)6-7-15(11)18-9-8-13-5-4-12(2)17-16(13)18/h4-7,10H,8-9H2,1-3H3. The Morgan fingerprint density at radius 1 is 1.16 bits per heavy atom. The molecule has 3 rings (SSSR count). The molecular weight excluding hydrogens is 236 g/mol. The van der Waals surface area contributed by atoms with E-state index in [-0.39, 0.29) is 0 Å². The lowest BCUT2D eigenvalue weighted by molar-refractivity contribution is 0.414. The second-order valence-electron chi connectivity index (χ2n) is 4.99. The average molecular weight is 254 g/mol. The highest BCUT2D eigenvalue weighted by atomic mass is 16.5. The summed E-state index contributed by atoms with van der Waals surface area (Å²) in [4.78, 5) is 6.99. The normalized spacial score (nSPS) is 13.5. The number of anilines is 2. The number of hydrogen-bond donors (Lipinski definition) is 0. The van der Waals surface area contributed by atoms with Gasteiger partial charge in [-0.25, -0.2) is 4.98 Å². The maximum atomic E-state index is 5.27. The van der Waals surface area contributed by atoms with Gasteiger partial charge in [0.05, 0.1) is 7.11 Å². The van der Waals surface area contributed by atoms with Crippen molar-refractivity contribution in [3.05, 3.63) is 47.2 Å². The van der Waals surface area contributed by atoms with Crippen molar-refractivity contribution in [2.75, 3.05) is 18.6 Å². The maximum absolute atomic E-state index is 5.27. The minimum atomic E-state index is 0.901. The first-order chi connectivity index (χ1) is 9.19.